The summed E-state index contributed by atoms with van der Waals surface area (Å²) in [7, 11) is 0. The van der Waals surface area contributed by atoms with E-state index in [9.17, 15) is 18.0 Å². The van der Waals surface area contributed by atoms with Crippen molar-refractivity contribution in [3.05, 3.63) is 66.2 Å². The fourth-order valence-corrected chi connectivity index (χ4v) is 3.66. The molecule has 4 rings (SSSR count). The van der Waals surface area contributed by atoms with Gasteiger partial charge >= 0.3 is 6.18 Å². The first-order chi connectivity index (χ1) is 13.6. The van der Waals surface area contributed by atoms with Gasteiger partial charge in [0.2, 0.25) is 5.91 Å². The van der Waals surface area contributed by atoms with E-state index in [0.29, 0.717) is 16.2 Å². The van der Waals surface area contributed by atoms with Gasteiger partial charge < -0.3 is 5.32 Å². The molecule has 0 aromatic heterocycles. The minimum Gasteiger partial charge on any atom is -0.325 e. The van der Waals surface area contributed by atoms with E-state index in [1.807, 2.05) is 36.4 Å². The van der Waals surface area contributed by atoms with Crippen LogP contribution in [0.5, 0.6) is 0 Å². The zero-order valence-corrected chi connectivity index (χ0v) is 16.3. The maximum Gasteiger partial charge on any atom is 0.418 e. The highest BCUT2D eigenvalue weighted by molar-refractivity contribution is 6.29. The summed E-state index contributed by atoms with van der Waals surface area (Å²) in [6, 6.07) is 17.5. The summed E-state index contributed by atoms with van der Waals surface area (Å²) in [5.74, 6) is -0.465. The molecule has 0 saturated carbocycles. The Balaban J connectivity index is 2.21. The first-order valence-electron chi connectivity index (χ1n) is 9.34. The van der Waals surface area contributed by atoms with Crippen molar-refractivity contribution in [3.63, 3.8) is 0 Å². The Labute approximate surface area is 166 Å². The Bertz CT molecular complexity index is 1230. The first-order valence-corrected chi connectivity index (χ1v) is 9.34. The SMILES string of the molecule is CC(C)(C)C(=O)Nc1c(C(F)(F)F)ccc2c3ccccc3c3ccccc3c12. The van der Waals surface area contributed by atoms with Gasteiger partial charge in [-0.25, -0.2) is 0 Å². The van der Waals surface area contributed by atoms with Crippen LogP contribution in [0.2, 0.25) is 0 Å². The lowest BCUT2D eigenvalue weighted by molar-refractivity contribution is -0.136. The summed E-state index contributed by atoms with van der Waals surface area (Å²) in [5, 5.41) is 7.02. The van der Waals surface area contributed by atoms with Gasteiger partial charge in [-0.15, -0.1) is 0 Å². The Morgan fingerprint density at radius 2 is 1.17 bits per heavy atom. The largest absolute Gasteiger partial charge is 0.418 e. The number of halogens is 3. The van der Waals surface area contributed by atoms with E-state index in [4.69, 9.17) is 0 Å². The third-order valence-corrected chi connectivity index (χ3v) is 5.13. The number of carbonyl (C=O) groups is 1. The molecule has 2 nitrogen and oxygen atoms in total. The quantitative estimate of drug-likeness (QED) is 0.341. The van der Waals surface area contributed by atoms with Crippen LogP contribution in [-0.2, 0) is 11.0 Å². The molecule has 0 atom stereocenters. The molecule has 4 aromatic carbocycles. The number of benzene rings is 4. The topological polar surface area (TPSA) is 29.1 Å². The third-order valence-electron chi connectivity index (χ3n) is 5.13. The van der Waals surface area contributed by atoms with Crippen LogP contribution in [0.3, 0.4) is 0 Å². The van der Waals surface area contributed by atoms with Gasteiger partial charge in [0.05, 0.1) is 11.3 Å². The van der Waals surface area contributed by atoms with Crippen LogP contribution in [0.25, 0.3) is 32.3 Å². The molecule has 5 heteroatoms. The van der Waals surface area contributed by atoms with Gasteiger partial charge in [0.1, 0.15) is 0 Å². The van der Waals surface area contributed by atoms with E-state index in [-0.39, 0.29) is 5.69 Å². The smallest absolute Gasteiger partial charge is 0.325 e. The van der Waals surface area contributed by atoms with Gasteiger partial charge in [-0.1, -0.05) is 75.4 Å². The van der Waals surface area contributed by atoms with E-state index in [1.54, 1.807) is 32.9 Å². The standard InChI is InChI=1S/C24H20F3NO/c1-23(2,3)22(29)28-21-19(24(25,26)27)13-12-18-16-10-5-4-8-14(16)15-9-6-7-11-17(15)20(18)21/h4-13H,1-3H3,(H,28,29). The van der Waals surface area contributed by atoms with Gasteiger partial charge in [-0.2, -0.15) is 13.2 Å². The van der Waals surface area contributed by atoms with E-state index < -0.39 is 23.1 Å². The number of amides is 1. The lowest BCUT2D eigenvalue weighted by atomic mass is 9.90. The minimum atomic E-state index is -4.60. The summed E-state index contributed by atoms with van der Waals surface area (Å²) in [6.45, 7) is 5.02. The fourth-order valence-electron chi connectivity index (χ4n) is 3.66. The molecule has 0 aliphatic rings. The zero-order valence-electron chi connectivity index (χ0n) is 16.3. The Morgan fingerprint density at radius 1 is 0.724 bits per heavy atom. The third kappa shape index (κ3) is 3.20. The molecule has 0 bridgehead atoms. The van der Waals surface area contributed by atoms with Gasteiger partial charge in [0, 0.05) is 10.8 Å². The normalized spacial score (nSPS) is 12.6. The van der Waals surface area contributed by atoms with Crippen LogP contribution in [0, 0.1) is 5.41 Å². The molecular weight excluding hydrogens is 375 g/mol. The molecule has 0 fully saturated rings. The Kier molecular flexibility index (Phi) is 4.30. The van der Waals surface area contributed by atoms with Crippen molar-refractivity contribution in [3.8, 4) is 0 Å². The molecule has 4 aromatic rings. The van der Waals surface area contributed by atoms with Gasteiger partial charge in [0.15, 0.2) is 0 Å². The molecule has 0 radical (unpaired) electrons. The number of anilines is 1. The summed E-state index contributed by atoms with van der Waals surface area (Å²) in [5.41, 5.74) is -1.86. The fraction of sp³-hybridized carbons (Fsp3) is 0.208. The molecule has 1 amide bonds. The number of hydrogen-bond donors (Lipinski definition) is 1. The van der Waals surface area contributed by atoms with Crippen molar-refractivity contribution in [2.75, 3.05) is 5.32 Å². The Morgan fingerprint density at radius 3 is 1.66 bits per heavy atom. The predicted molar refractivity (Wildman–Crippen MR) is 112 cm³/mol. The van der Waals surface area contributed by atoms with Crippen LogP contribution in [-0.4, -0.2) is 5.91 Å². The summed E-state index contributed by atoms with van der Waals surface area (Å²) >= 11 is 0. The minimum absolute atomic E-state index is 0.183. The highest BCUT2D eigenvalue weighted by atomic mass is 19.4. The van der Waals surface area contributed by atoms with Crippen molar-refractivity contribution in [2.24, 2.45) is 5.41 Å². The zero-order chi connectivity index (χ0) is 21.0. The van der Waals surface area contributed by atoms with Crippen molar-refractivity contribution in [2.45, 2.75) is 26.9 Å². The number of carbonyl (C=O) groups excluding carboxylic acids is 1. The molecule has 1 N–H and O–H groups in total. The second-order valence-corrected chi connectivity index (χ2v) is 8.20. The predicted octanol–water partition coefficient (Wildman–Crippen LogP) is 7.15. The van der Waals surface area contributed by atoms with Gasteiger partial charge in [-0.05, 0) is 33.0 Å². The lowest BCUT2D eigenvalue weighted by Crippen LogP contribution is -2.29. The monoisotopic (exact) mass is 395 g/mol. The van der Waals surface area contributed by atoms with Crippen LogP contribution in [0.4, 0.5) is 18.9 Å². The summed E-state index contributed by atoms with van der Waals surface area (Å²) in [6.07, 6.45) is -4.60. The maximum atomic E-state index is 13.9. The molecule has 148 valence electrons. The van der Waals surface area contributed by atoms with Gasteiger partial charge in [-0.3, -0.25) is 4.79 Å². The second-order valence-electron chi connectivity index (χ2n) is 8.20. The molecule has 0 unspecified atom stereocenters. The first kappa shape index (κ1) is 19.2. The lowest BCUT2D eigenvalue weighted by Gasteiger charge is -2.23. The van der Waals surface area contributed by atoms with Crippen LogP contribution in [0.1, 0.15) is 26.3 Å². The van der Waals surface area contributed by atoms with Crippen LogP contribution in [0.15, 0.2) is 60.7 Å². The van der Waals surface area contributed by atoms with Crippen molar-refractivity contribution in [1.29, 1.82) is 0 Å². The maximum absolute atomic E-state index is 13.9. The molecule has 0 saturated heterocycles. The van der Waals surface area contributed by atoms with E-state index >= 15 is 0 Å². The number of alkyl halides is 3. The second kappa shape index (κ2) is 6.48. The molecule has 29 heavy (non-hydrogen) atoms. The average molecular weight is 395 g/mol. The molecule has 0 spiro atoms. The number of fused-ring (bicyclic) bond motifs is 6. The highest BCUT2D eigenvalue weighted by Crippen LogP contribution is 2.44. The number of hydrogen-bond acceptors (Lipinski definition) is 1. The molecule has 0 aliphatic heterocycles. The van der Waals surface area contributed by atoms with Gasteiger partial charge in [0.25, 0.3) is 0 Å². The van der Waals surface area contributed by atoms with E-state index in [1.165, 1.54) is 6.07 Å². The van der Waals surface area contributed by atoms with Crippen LogP contribution >= 0.6 is 0 Å². The van der Waals surface area contributed by atoms with Crippen molar-refractivity contribution in [1.82, 2.24) is 0 Å². The average Bonchev–Trinajstić information content (AvgIpc) is 2.66. The Hall–Kier alpha value is -3.08. The summed E-state index contributed by atoms with van der Waals surface area (Å²) < 4.78 is 41.7. The van der Waals surface area contributed by atoms with E-state index in [0.717, 1.165) is 22.2 Å². The molecular formula is C24H20F3NO. The van der Waals surface area contributed by atoms with Crippen molar-refractivity contribution >= 4 is 43.9 Å². The number of rotatable bonds is 1. The highest BCUT2D eigenvalue weighted by Gasteiger charge is 2.36. The number of nitrogens with one attached hydrogen (secondary N) is 1. The van der Waals surface area contributed by atoms with Crippen molar-refractivity contribution < 1.29 is 18.0 Å². The molecule has 0 aliphatic carbocycles. The van der Waals surface area contributed by atoms with E-state index in [2.05, 4.69) is 5.32 Å². The molecule has 0 heterocycles. The summed E-state index contributed by atoms with van der Waals surface area (Å²) in [4.78, 5) is 12.7. The van der Waals surface area contributed by atoms with Crippen LogP contribution < -0.4 is 5.32 Å².